The molecule has 1 saturated heterocycles. The first-order valence-electron chi connectivity index (χ1n) is 7.24. The minimum Gasteiger partial charge on any atom is -0.423 e. The molecule has 0 bridgehead atoms. The lowest BCUT2D eigenvalue weighted by molar-refractivity contribution is 0.323. The molecule has 8 heteroatoms. The van der Waals surface area contributed by atoms with Gasteiger partial charge in [0, 0.05) is 0 Å². The average molecular weight is 319 g/mol. The summed E-state index contributed by atoms with van der Waals surface area (Å²) >= 11 is 6.08. The van der Waals surface area contributed by atoms with Crippen molar-refractivity contribution in [2.75, 3.05) is 18.4 Å². The van der Waals surface area contributed by atoms with Gasteiger partial charge in [0.25, 0.3) is 0 Å². The minimum absolute atomic E-state index is 0.329. The molecule has 1 aliphatic rings. The maximum atomic E-state index is 6.08. The second kappa shape index (κ2) is 5.58. The van der Waals surface area contributed by atoms with Crippen molar-refractivity contribution in [3.8, 4) is 0 Å². The topological polar surface area (TPSA) is 82.9 Å². The van der Waals surface area contributed by atoms with Crippen LogP contribution in [0.15, 0.2) is 22.6 Å². The summed E-state index contributed by atoms with van der Waals surface area (Å²) in [6, 6.07) is 5.74. The van der Waals surface area contributed by atoms with Crippen LogP contribution in [-0.4, -0.2) is 38.2 Å². The lowest BCUT2D eigenvalue weighted by Gasteiger charge is -2.10. The number of para-hydroxylation sites is 1. The van der Waals surface area contributed by atoms with Crippen molar-refractivity contribution >= 4 is 34.7 Å². The predicted molar refractivity (Wildman–Crippen MR) is 83.2 cm³/mol. The number of benzene rings is 1. The van der Waals surface area contributed by atoms with Gasteiger partial charge in [-0.25, -0.2) is 0 Å². The molecule has 0 radical (unpaired) electrons. The van der Waals surface area contributed by atoms with E-state index in [1.54, 1.807) is 6.07 Å². The fourth-order valence-electron chi connectivity index (χ4n) is 2.64. The van der Waals surface area contributed by atoms with Crippen LogP contribution in [0.5, 0.6) is 0 Å². The van der Waals surface area contributed by atoms with E-state index in [0.29, 0.717) is 28.1 Å². The first-order valence-corrected chi connectivity index (χ1v) is 7.61. The third-order valence-electron chi connectivity index (χ3n) is 3.69. The molecule has 0 spiro atoms. The monoisotopic (exact) mass is 318 g/mol. The Morgan fingerprint density at radius 3 is 2.95 bits per heavy atom. The number of aromatic nitrogens is 4. The molecule has 0 atom stereocenters. The van der Waals surface area contributed by atoms with Crippen LogP contribution in [0.2, 0.25) is 5.02 Å². The van der Waals surface area contributed by atoms with Gasteiger partial charge in [-0.1, -0.05) is 17.7 Å². The molecular weight excluding hydrogens is 304 g/mol. The molecule has 1 aliphatic heterocycles. The van der Waals surface area contributed by atoms with Crippen molar-refractivity contribution in [3.63, 3.8) is 0 Å². The second-order valence-electron chi connectivity index (χ2n) is 5.32. The number of oxazole rings is 1. The molecule has 0 unspecified atom stereocenters. The van der Waals surface area contributed by atoms with Crippen LogP contribution in [0.4, 0.5) is 12.0 Å². The van der Waals surface area contributed by atoms with Crippen LogP contribution < -0.4 is 5.32 Å². The van der Waals surface area contributed by atoms with E-state index in [2.05, 4.69) is 30.4 Å². The van der Waals surface area contributed by atoms with Gasteiger partial charge in [-0.15, -0.1) is 5.10 Å². The Balaban J connectivity index is 1.50. The number of H-pyrrole nitrogens is 1. The Labute approximate surface area is 131 Å². The normalized spacial score (nSPS) is 15.7. The number of aromatic amines is 1. The van der Waals surface area contributed by atoms with Gasteiger partial charge >= 0.3 is 6.01 Å². The van der Waals surface area contributed by atoms with Crippen molar-refractivity contribution in [1.82, 2.24) is 25.1 Å². The number of rotatable bonds is 4. The lowest BCUT2D eigenvalue weighted by atomic mass is 10.3. The third kappa shape index (κ3) is 2.65. The quantitative estimate of drug-likeness (QED) is 0.769. The van der Waals surface area contributed by atoms with Gasteiger partial charge in [-0.05, 0) is 38.1 Å². The number of likely N-dealkylation sites (tertiary alicyclic amines) is 1. The summed E-state index contributed by atoms with van der Waals surface area (Å²) in [5, 5.41) is 10.6. The molecule has 2 N–H and O–H groups in total. The van der Waals surface area contributed by atoms with Gasteiger partial charge < -0.3 is 4.42 Å². The number of anilines is 2. The number of nitrogens with zero attached hydrogens (tertiary/aromatic N) is 4. The Morgan fingerprint density at radius 2 is 2.14 bits per heavy atom. The molecule has 7 nitrogen and oxygen atoms in total. The highest BCUT2D eigenvalue weighted by Crippen LogP contribution is 2.26. The van der Waals surface area contributed by atoms with E-state index in [-0.39, 0.29) is 0 Å². The summed E-state index contributed by atoms with van der Waals surface area (Å²) in [5.74, 6) is 1.27. The van der Waals surface area contributed by atoms with Gasteiger partial charge in [0.2, 0.25) is 5.95 Å². The van der Waals surface area contributed by atoms with E-state index in [0.717, 1.165) is 25.5 Å². The molecule has 0 amide bonds. The van der Waals surface area contributed by atoms with E-state index < -0.39 is 0 Å². The van der Waals surface area contributed by atoms with Crippen molar-refractivity contribution in [2.24, 2.45) is 0 Å². The molecule has 114 valence electrons. The minimum atomic E-state index is 0.329. The molecule has 3 aromatic rings. The molecule has 2 aromatic heterocycles. The fraction of sp³-hybridized carbons (Fsp3) is 0.357. The molecule has 0 aliphatic carbocycles. The largest absolute Gasteiger partial charge is 0.423 e. The zero-order valence-electron chi connectivity index (χ0n) is 11.8. The summed E-state index contributed by atoms with van der Waals surface area (Å²) in [7, 11) is 0. The molecular formula is C14H15ClN6O. The van der Waals surface area contributed by atoms with Crippen LogP contribution in [0.3, 0.4) is 0 Å². The maximum absolute atomic E-state index is 6.08. The third-order valence-corrected chi connectivity index (χ3v) is 4.00. The highest BCUT2D eigenvalue weighted by atomic mass is 35.5. The van der Waals surface area contributed by atoms with Gasteiger partial charge in [0.15, 0.2) is 5.58 Å². The summed E-state index contributed by atoms with van der Waals surface area (Å²) < 4.78 is 5.58. The van der Waals surface area contributed by atoms with Crippen LogP contribution in [0.25, 0.3) is 11.1 Å². The molecule has 1 fully saturated rings. The lowest BCUT2D eigenvalue weighted by Crippen LogP contribution is -2.19. The predicted octanol–water partition coefficient (Wildman–Crippen LogP) is 2.94. The molecule has 3 heterocycles. The number of fused-ring (bicyclic) bond motifs is 1. The maximum Gasteiger partial charge on any atom is 0.302 e. The Hall–Kier alpha value is -2.12. The highest BCUT2D eigenvalue weighted by Gasteiger charge is 2.15. The van der Waals surface area contributed by atoms with E-state index >= 15 is 0 Å². The molecule has 0 saturated carbocycles. The standard InChI is InChI=1S/C14H15ClN6O/c15-9-4-3-5-10-12(9)17-14(22-10)18-13-16-11(19-20-13)8-21-6-1-2-7-21/h3-5H,1-2,6-8H2,(H2,16,17,18,19,20). The second-order valence-corrected chi connectivity index (χ2v) is 5.73. The van der Waals surface area contributed by atoms with E-state index in [1.165, 1.54) is 12.8 Å². The summed E-state index contributed by atoms with van der Waals surface area (Å²) in [4.78, 5) is 11.1. The summed E-state index contributed by atoms with van der Waals surface area (Å²) in [5.41, 5.74) is 1.25. The zero-order chi connectivity index (χ0) is 14.9. The van der Waals surface area contributed by atoms with Crippen molar-refractivity contribution < 1.29 is 4.42 Å². The molecule has 4 rings (SSSR count). The summed E-state index contributed by atoms with van der Waals surface area (Å²) in [6.07, 6.45) is 2.51. The average Bonchev–Trinajstić information content (AvgIpc) is 3.21. The van der Waals surface area contributed by atoms with Gasteiger partial charge in [0.05, 0.1) is 11.6 Å². The summed E-state index contributed by atoms with van der Waals surface area (Å²) in [6.45, 7) is 3.02. The van der Waals surface area contributed by atoms with Crippen LogP contribution in [0.1, 0.15) is 18.7 Å². The van der Waals surface area contributed by atoms with Crippen LogP contribution in [0, 0.1) is 0 Å². The van der Waals surface area contributed by atoms with Crippen molar-refractivity contribution in [2.45, 2.75) is 19.4 Å². The number of halogens is 1. The van der Waals surface area contributed by atoms with Gasteiger partial charge in [0.1, 0.15) is 11.3 Å². The van der Waals surface area contributed by atoms with Gasteiger partial charge in [-0.2, -0.15) is 9.97 Å². The Morgan fingerprint density at radius 1 is 1.27 bits per heavy atom. The van der Waals surface area contributed by atoms with Crippen LogP contribution >= 0.6 is 11.6 Å². The zero-order valence-corrected chi connectivity index (χ0v) is 12.6. The first-order chi connectivity index (χ1) is 10.8. The Bertz CT molecular complexity index is 792. The van der Waals surface area contributed by atoms with Crippen molar-refractivity contribution in [3.05, 3.63) is 29.0 Å². The van der Waals surface area contributed by atoms with E-state index in [4.69, 9.17) is 16.0 Å². The smallest absolute Gasteiger partial charge is 0.302 e. The SMILES string of the molecule is Clc1cccc2oc(Nc3n[nH]c(CN4CCCC4)n3)nc12. The molecule has 1 aromatic carbocycles. The first kappa shape index (κ1) is 13.5. The number of hydrogen-bond donors (Lipinski definition) is 2. The fourth-order valence-corrected chi connectivity index (χ4v) is 2.85. The van der Waals surface area contributed by atoms with E-state index in [1.807, 2.05) is 12.1 Å². The van der Waals surface area contributed by atoms with E-state index in [9.17, 15) is 0 Å². The number of hydrogen-bond acceptors (Lipinski definition) is 6. The molecule has 22 heavy (non-hydrogen) atoms. The Kier molecular flexibility index (Phi) is 3.44. The van der Waals surface area contributed by atoms with Gasteiger partial charge in [-0.3, -0.25) is 15.3 Å². The highest BCUT2D eigenvalue weighted by molar-refractivity contribution is 6.34. The van der Waals surface area contributed by atoms with Crippen molar-refractivity contribution in [1.29, 1.82) is 0 Å². The van der Waals surface area contributed by atoms with Crippen LogP contribution in [-0.2, 0) is 6.54 Å². The number of nitrogens with one attached hydrogen (secondary N) is 2.